The molecule has 1 aromatic heterocycles. The van der Waals surface area contributed by atoms with Crippen LogP contribution in [-0.4, -0.2) is 10.1 Å². The van der Waals surface area contributed by atoms with Gasteiger partial charge in [0.1, 0.15) is 5.56 Å². The van der Waals surface area contributed by atoms with Crippen molar-refractivity contribution in [2.24, 2.45) is 0 Å². The van der Waals surface area contributed by atoms with Crippen LogP contribution >= 0.6 is 0 Å². The number of alkyl halides is 3. The Balaban J connectivity index is 3.37. The monoisotopic (exact) mass is 179 g/mol. The van der Waals surface area contributed by atoms with Gasteiger partial charge in [0.2, 0.25) is 5.43 Å². The van der Waals surface area contributed by atoms with Gasteiger partial charge >= 0.3 is 6.18 Å². The van der Waals surface area contributed by atoms with Gasteiger partial charge in [0.25, 0.3) is 0 Å². The SMILES string of the molecule is O=c1c(O)c[nH]cc1C(F)(F)F. The lowest BCUT2D eigenvalue weighted by Gasteiger charge is -2.04. The standard InChI is InChI=1S/C6H4F3NO2/c7-6(8,9)3-1-10-2-4(11)5(3)12/h1-2,11H,(H,10,12). The van der Waals surface area contributed by atoms with Crippen molar-refractivity contribution >= 4 is 0 Å². The lowest BCUT2D eigenvalue weighted by atomic mass is 10.2. The molecule has 0 radical (unpaired) electrons. The Labute approximate surface area is 64.5 Å². The van der Waals surface area contributed by atoms with Gasteiger partial charge in [-0.25, -0.2) is 0 Å². The van der Waals surface area contributed by atoms with Crippen molar-refractivity contribution in [1.82, 2.24) is 4.98 Å². The predicted octanol–water partition coefficient (Wildman–Crippen LogP) is 1.10. The fourth-order valence-corrected chi connectivity index (χ4v) is 0.684. The molecule has 1 rings (SSSR count). The van der Waals surface area contributed by atoms with E-state index in [-0.39, 0.29) is 0 Å². The molecule has 1 heterocycles. The molecule has 0 aliphatic carbocycles. The summed E-state index contributed by atoms with van der Waals surface area (Å²) in [5.74, 6) is -0.940. The van der Waals surface area contributed by atoms with Crippen LogP contribution in [0.5, 0.6) is 5.75 Å². The summed E-state index contributed by atoms with van der Waals surface area (Å²) in [5, 5.41) is 8.62. The molecule has 0 amide bonds. The molecular formula is C6H4F3NO2. The third-order valence-corrected chi connectivity index (χ3v) is 1.23. The number of hydrogen-bond donors (Lipinski definition) is 2. The Morgan fingerprint density at radius 2 is 1.92 bits per heavy atom. The summed E-state index contributed by atoms with van der Waals surface area (Å²) in [6.45, 7) is 0. The van der Waals surface area contributed by atoms with E-state index in [1.54, 1.807) is 0 Å². The maximum absolute atomic E-state index is 11.9. The number of aromatic hydroxyl groups is 1. The van der Waals surface area contributed by atoms with Crippen LogP contribution in [0.2, 0.25) is 0 Å². The van der Waals surface area contributed by atoms with Crippen molar-refractivity contribution in [3.05, 3.63) is 28.2 Å². The Kier molecular flexibility index (Phi) is 1.83. The number of aromatic nitrogens is 1. The molecule has 0 saturated carbocycles. The first-order valence-electron chi connectivity index (χ1n) is 2.90. The van der Waals surface area contributed by atoms with Gasteiger partial charge < -0.3 is 10.1 Å². The highest BCUT2D eigenvalue weighted by atomic mass is 19.4. The second-order valence-electron chi connectivity index (χ2n) is 2.08. The van der Waals surface area contributed by atoms with Gasteiger partial charge in [0.15, 0.2) is 5.75 Å². The summed E-state index contributed by atoms with van der Waals surface area (Å²) in [6, 6.07) is 0. The van der Waals surface area contributed by atoms with Crippen LogP contribution in [-0.2, 0) is 6.18 Å². The Morgan fingerprint density at radius 3 is 2.33 bits per heavy atom. The minimum atomic E-state index is -4.73. The van der Waals surface area contributed by atoms with Crippen LogP contribution in [0.1, 0.15) is 5.56 Å². The van der Waals surface area contributed by atoms with Crippen molar-refractivity contribution in [1.29, 1.82) is 0 Å². The summed E-state index contributed by atoms with van der Waals surface area (Å²) in [5.41, 5.74) is -2.82. The fraction of sp³-hybridized carbons (Fsp3) is 0.167. The van der Waals surface area contributed by atoms with E-state index in [0.717, 1.165) is 6.20 Å². The van der Waals surface area contributed by atoms with Gasteiger partial charge in [-0.15, -0.1) is 0 Å². The number of rotatable bonds is 0. The molecule has 0 spiro atoms. The second kappa shape index (κ2) is 2.54. The molecular weight excluding hydrogens is 175 g/mol. The van der Waals surface area contributed by atoms with Crippen molar-refractivity contribution in [2.75, 3.05) is 0 Å². The molecule has 0 unspecified atom stereocenters. The average Bonchev–Trinajstić information content (AvgIpc) is 1.92. The van der Waals surface area contributed by atoms with Gasteiger partial charge in [0, 0.05) is 12.4 Å². The molecule has 0 fully saturated rings. The highest BCUT2D eigenvalue weighted by Gasteiger charge is 2.34. The van der Waals surface area contributed by atoms with Crippen LogP contribution < -0.4 is 5.43 Å². The molecule has 66 valence electrons. The molecule has 1 aromatic rings. The topological polar surface area (TPSA) is 53.1 Å². The van der Waals surface area contributed by atoms with E-state index < -0.39 is 22.9 Å². The van der Waals surface area contributed by atoms with E-state index in [0.29, 0.717) is 6.20 Å². The second-order valence-corrected chi connectivity index (χ2v) is 2.08. The number of nitrogens with one attached hydrogen (secondary N) is 1. The molecule has 0 saturated heterocycles. The number of aromatic amines is 1. The van der Waals surface area contributed by atoms with Crippen molar-refractivity contribution in [3.63, 3.8) is 0 Å². The number of halogens is 3. The minimum absolute atomic E-state index is 0.502. The van der Waals surface area contributed by atoms with Gasteiger partial charge in [-0.2, -0.15) is 13.2 Å². The Bertz CT molecular complexity index is 341. The van der Waals surface area contributed by atoms with E-state index >= 15 is 0 Å². The van der Waals surface area contributed by atoms with Gasteiger partial charge in [-0.3, -0.25) is 4.79 Å². The highest BCUT2D eigenvalue weighted by molar-refractivity contribution is 5.24. The van der Waals surface area contributed by atoms with Crippen molar-refractivity contribution in [2.45, 2.75) is 6.18 Å². The van der Waals surface area contributed by atoms with Crippen molar-refractivity contribution in [3.8, 4) is 5.75 Å². The summed E-state index contributed by atoms with van der Waals surface area (Å²) in [6.07, 6.45) is -3.44. The zero-order valence-electron chi connectivity index (χ0n) is 5.64. The Hall–Kier alpha value is -1.46. The van der Waals surface area contributed by atoms with Crippen molar-refractivity contribution < 1.29 is 18.3 Å². The highest BCUT2D eigenvalue weighted by Crippen LogP contribution is 2.26. The van der Waals surface area contributed by atoms with Crippen LogP contribution in [0.3, 0.4) is 0 Å². The first-order valence-corrected chi connectivity index (χ1v) is 2.90. The summed E-state index contributed by atoms with van der Waals surface area (Å²) >= 11 is 0. The zero-order valence-corrected chi connectivity index (χ0v) is 5.64. The van der Waals surface area contributed by atoms with Gasteiger partial charge in [-0.05, 0) is 0 Å². The number of pyridine rings is 1. The largest absolute Gasteiger partial charge is 0.503 e. The summed E-state index contributed by atoms with van der Waals surface area (Å²) in [4.78, 5) is 12.6. The van der Waals surface area contributed by atoms with Crippen LogP contribution in [0.25, 0.3) is 0 Å². The average molecular weight is 179 g/mol. The lowest BCUT2D eigenvalue weighted by molar-refractivity contribution is -0.138. The van der Waals surface area contributed by atoms with Crippen LogP contribution in [0.4, 0.5) is 13.2 Å². The van der Waals surface area contributed by atoms with E-state index in [2.05, 4.69) is 0 Å². The van der Waals surface area contributed by atoms with Crippen LogP contribution in [0.15, 0.2) is 17.2 Å². The van der Waals surface area contributed by atoms with E-state index in [9.17, 15) is 18.0 Å². The summed E-state index contributed by atoms with van der Waals surface area (Å²) < 4.78 is 35.7. The summed E-state index contributed by atoms with van der Waals surface area (Å²) in [7, 11) is 0. The smallest absolute Gasteiger partial charge is 0.421 e. The predicted molar refractivity (Wildman–Crippen MR) is 33.7 cm³/mol. The molecule has 2 N–H and O–H groups in total. The van der Waals surface area contributed by atoms with E-state index in [4.69, 9.17) is 5.11 Å². The Morgan fingerprint density at radius 1 is 1.33 bits per heavy atom. The first-order chi connectivity index (χ1) is 5.43. The molecule has 3 nitrogen and oxygen atoms in total. The van der Waals surface area contributed by atoms with E-state index in [1.807, 2.05) is 4.98 Å². The number of hydrogen-bond acceptors (Lipinski definition) is 2. The molecule has 0 aliphatic rings. The maximum Gasteiger partial charge on any atom is 0.421 e. The lowest BCUT2D eigenvalue weighted by Crippen LogP contribution is -2.18. The third-order valence-electron chi connectivity index (χ3n) is 1.23. The zero-order chi connectivity index (χ0) is 9.35. The quantitative estimate of drug-likeness (QED) is 0.626. The van der Waals surface area contributed by atoms with Gasteiger partial charge in [0.05, 0.1) is 0 Å². The van der Waals surface area contributed by atoms with Crippen LogP contribution in [0, 0.1) is 0 Å². The molecule has 0 aliphatic heterocycles. The van der Waals surface area contributed by atoms with E-state index in [1.165, 1.54) is 0 Å². The molecule has 0 bridgehead atoms. The fourth-order valence-electron chi connectivity index (χ4n) is 0.684. The molecule has 6 heteroatoms. The minimum Gasteiger partial charge on any atom is -0.503 e. The first kappa shape index (κ1) is 8.63. The molecule has 12 heavy (non-hydrogen) atoms. The maximum atomic E-state index is 11.9. The third kappa shape index (κ3) is 1.41. The molecule has 0 atom stereocenters. The number of H-pyrrole nitrogens is 1. The molecule has 0 aromatic carbocycles. The van der Waals surface area contributed by atoms with Gasteiger partial charge in [-0.1, -0.05) is 0 Å². The normalized spacial score (nSPS) is 11.6.